The van der Waals surface area contributed by atoms with Crippen molar-refractivity contribution < 1.29 is 13.2 Å². The van der Waals surface area contributed by atoms with Gasteiger partial charge in [0.2, 0.25) is 15.9 Å². The summed E-state index contributed by atoms with van der Waals surface area (Å²) in [4.78, 5) is 24.5. The minimum atomic E-state index is -3.87. The van der Waals surface area contributed by atoms with E-state index < -0.39 is 15.3 Å². The molecule has 0 aliphatic rings. The number of aromatic nitrogens is 3. The Labute approximate surface area is 171 Å². The molecule has 0 bridgehead atoms. The summed E-state index contributed by atoms with van der Waals surface area (Å²) in [7, 11) is -3.87. The Morgan fingerprint density at radius 1 is 1.24 bits per heavy atom. The molecule has 0 aliphatic heterocycles. The van der Waals surface area contributed by atoms with Crippen molar-refractivity contribution in [2.24, 2.45) is 5.14 Å². The average molecular weight is 434 g/mol. The quantitative estimate of drug-likeness (QED) is 0.481. The lowest BCUT2D eigenvalue weighted by molar-refractivity contribution is -0.115. The van der Waals surface area contributed by atoms with E-state index in [2.05, 4.69) is 15.5 Å². The fraction of sp³-hybridized carbons (Fsp3) is 0.167. The van der Waals surface area contributed by atoms with Crippen LogP contribution >= 0.6 is 11.8 Å². The number of aromatic amines is 1. The molecule has 4 N–H and O–H groups in total. The summed E-state index contributed by atoms with van der Waals surface area (Å²) >= 11 is 1.11. The first-order valence-electron chi connectivity index (χ1n) is 8.53. The van der Waals surface area contributed by atoms with Gasteiger partial charge in [-0.25, -0.2) is 23.4 Å². The summed E-state index contributed by atoms with van der Waals surface area (Å²) in [6.45, 7) is 1.98. The molecular weight excluding hydrogens is 414 g/mol. The molecule has 0 radical (unpaired) electrons. The first-order valence-corrected chi connectivity index (χ1v) is 11.0. The highest BCUT2D eigenvalue weighted by Gasteiger charge is 2.20. The molecular formula is C18H19N5O4S2. The predicted octanol–water partition coefficient (Wildman–Crippen LogP) is 1.39. The molecule has 0 aliphatic carbocycles. The molecule has 3 rings (SSSR count). The van der Waals surface area contributed by atoms with Crippen LogP contribution in [0.1, 0.15) is 12.5 Å². The van der Waals surface area contributed by atoms with Gasteiger partial charge in [0.25, 0.3) is 0 Å². The zero-order valence-corrected chi connectivity index (χ0v) is 17.0. The van der Waals surface area contributed by atoms with Gasteiger partial charge < -0.3 is 5.32 Å². The highest BCUT2D eigenvalue weighted by molar-refractivity contribution is 8.00. The standard InChI is InChI=1S/C18H19N5O4S2/c1-12(16(24)20-14-8-5-9-15(10-14)29(19,26)27)28-18-22-21-17(25)23(18)11-13-6-3-2-4-7-13/h2-10,12H,11H2,1H3,(H,20,24)(H,21,25)(H2,19,26,27)/t12-/m0/s1. The molecule has 0 saturated heterocycles. The Bertz CT molecular complexity index is 1170. The van der Waals surface area contributed by atoms with Gasteiger partial charge >= 0.3 is 5.69 Å². The molecule has 0 spiro atoms. The minimum absolute atomic E-state index is 0.0976. The van der Waals surface area contributed by atoms with Crippen molar-refractivity contribution in [3.63, 3.8) is 0 Å². The van der Waals surface area contributed by atoms with Crippen LogP contribution in [-0.4, -0.2) is 34.3 Å². The van der Waals surface area contributed by atoms with Crippen LogP contribution in [0.15, 0.2) is 69.4 Å². The van der Waals surface area contributed by atoms with Crippen LogP contribution in [0.5, 0.6) is 0 Å². The maximum absolute atomic E-state index is 12.5. The molecule has 1 amide bonds. The van der Waals surface area contributed by atoms with Crippen LogP contribution < -0.4 is 16.1 Å². The molecule has 2 aromatic carbocycles. The van der Waals surface area contributed by atoms with E-state index in [1.54, 1.807) is 13.0 Å². The summed E-state index contributed by atoms with van der Waals surface area (Å²) < 4.78 is 24.4. The van der Waals surface area contributed by atoms with Crippen LogP contribution in [0.25, 0.3) is 0 Å². The molecule has 11 heteroatoms. The summed E-state index contributed by atoms with van der Waals surface area (Å²) in [5.74, 6) is -0.372. The number of H-pyrrole nitrogens is 1. The number of rotatable bonds is 7. The van der Waals surface area contributed by atoms with E-state index in [0.717, 1.165) is 17.3 Å². The van der Waals surface area contributed by atoms with Crippen LogP contribution in [0.4, 0.5) is 5.69 Å². The molecule has 9 nitrogen and oxygen atoms in total. The lowest BCUT2D eigenvalue weighted by atomic mass is 10.2. The molecule has 1 aromatic heterocycles. The van der Waals surface area contributed by atoms with E-state index >= 15 is 0 Å². The number of hydrogen-bond donors (Lipinski definition) is 3. The summed E-state index contributed by atoms with van der Waals surface area (Å²) in [6.07, 6.45) is 0. The minimum Gasteiger partial charge on any atom is -0.325 e. The number of sulfonamides is 1. The lowest BCUT2D eigenvalue weighted by Gasteiger charge is -2.13. The molecule has 1 atom stereocenters. The summed E-state index contributed by atoms with van der Waals surface area (Å²) in [6, 6.07) is 15.1. The number of amides is 1. The SMILES string of the molecule is C[C@H](Sc1n[nH]c(=O)n1Cc1ccccc1)C(=O)Nc1cccc(S(N)(=O)=O)c1. The van der Waals surface area contributed by atoms with Crippen molar-refractivity contribution in [2.75, 3.05) is 5.32 Å². The molecule has 1 heterocycles. The van der Waals surface area contributed by atoms with Gasteiger partial charge in [-0.3, -0.25) is 9.36 Å². The molecule has 0 unspecified atom stereocenters. The lowest BCUT2D eigenvalue weighted by Crippen LogP contribution is -2.24. The van der Waals surface area contributed by atoms with Crippen molar-refractivity contribution in [3.05, 3.63) is 70.6 Å². The van der Waals surface area contributed by atoms with Gasteiger partial charge in [0.15, 0.2) is 5.16 Å². The van der Waals surface area contributed by atoms with Crippen molar-refractivity contribution in [1.29, 1.82) is 0 Å². The molecule has 0 saturated carbocycles. The topological polar surface area (TPSA) is 140 Å². The van der Waals surface area contributed by atoms with Crippen LogP contribution in [-0.2, 0) is 21.4 Å². The number of anilines is 1. The third kappa shape index (κ3) is 5.34. The first kappa shape index (κ1) is 20.8. The van der Waals surface area contributed by atoms with E-state index in [1.807, 2.05) is 30.3 Å². The Morgan fingerprint density at radius 2 is 1.97 bits per heavy atom. The van der Waals surface area contributed by atoms with Crippen molar-refractivity contribution in [1.82, 2.24) is 14.8 Å². The smallest absolute Gasteiger partial charge is 0.325 e. The van der Waals surface area contributed by atoms with E-state index in [9.17, 15) is 18.0 Å². The number of carbonyl (C=O) groups is 1. The Morgan fingerprint density at radius 3 is 2.66 bits per heavy atom. The van der Waals surface area contributed by atoms with Gasteiger partial charge in [0.1, 0.15) is 0 Å². The average Bonchev–Trinajstić information content (AvgIpc) is 3.02. The maximum atomic E-state index is 12.5. The molecule has 152 valence electrons. The second kappa shape index (κ2) is 8.64. The van der Waals surface area contributed by atoms with E-state index in [1.165, 1.54) is 22.8 Å². The van der Waals surface area contributed by atoms with Gasteiger partial charge in [0.05, 0.1) is 16.7 Å². The van der Waals surface area contributed by atoms with Crippen molar-refractivity contribution >= 4 is 33.4 Å². The molecule has 29 heavy (non-hydrogen) atoms. The van der Waals surface area contributed by atoms with Crippen LogP contribution in [0.3, 0.4) is 0 Å². The number of primary sulfonamides is 1. The zero-order chi connectivity index (χ0) is 21.0. The van der Waals surface area contributed by atoms with E-state index in [4.69, 9.17) is 5.14 Å². The molecule has 3 aromatic rings. The normalized spacial score (nSPS) is 12.5. The second-order valence-corrected chi connectivity index (χ2v) is 9.07. The van der Waals surface area contributed by atoms with Crippen molar-refractivity contribution in [3.8, 4) is 0 Å². The van der Waals surface area contributed by atoms with Crippen molar-refractivity contribution in [2.45, 2.75) is 28.8 Å². The Balaban J connectivity index is 1.72. The maximum Gasteiger partial charge on any atom is 0.344 e. The number of hydrogen-bond acceptors (Lipinski definition) is 6. The van der Waals surface area contributed by atoms with Gasteiger partial charge in [-0.05, 0) is 30.7 Å². The van der Waals surface area contributed by atoms with Gasteiger partial charge in [-0.2, -0.15) is 0 Å². The predicted molar refractivity (Wildman–Crippen MR) is 110 cm³/mol. The number of thioether (sulfide) groups is 1. The van der Waals surface area contributed by atoms with Crippen LogP contribution in [0, 0.1) is 0 Å². The second-order valence-electron chi connectivity index (χ2n) is 6.21. The van der Waals surface area contributed by atoms with E-state index in [0.29, 0.717) is 17.4 Å². The number of nitrogens with one attached hydrogen (secondary N) is 2. The third-order valence-corrected chi connectivity index (χ3v) is 5.99. The van der Waals surface area contributed by atoms with Gasteiger partial charge in [0, 0.05) is 5.69 Å². The number of nitrogens with zero attached hydrogens (tertiary/aromatic N) is 2. The van der Waals surface area contributed by atoms with Gasteiger partial charge in [-0.1, -0.05) is 48.2 Å². The number of benzene rings is 2. The first-order chi connectivity index (χ1) is 13.7. The summed E-state index contributed by atoms with van der Waals surface area (Å²) in [5, 5.41) is 13.9. The Kier molecular flexibility index (Phi) is 6.20. The van der Waals surface area contributed by atoms with E-state index in [-0.39, 0.29) is 16.5 Å². The monoisotopic (exact) mass is 433 g/mol. The number of nitrogens with two attached hydrogens (primary N) is 1. The summed E-state index contributed by atoms with van der Waals surface area (Å²) in [5.41, 5.74) is 0.859. The fourth-order valence-electron chi connectivity index (χ4n) is 2.50. The van der Waals surface area contributed by atoms with Crippen LogP contribution in [0.2, 0.25) is 0 Å². The Hall–Kier alpha value is -2.89. The largest absolute Gasteiger partial charge is 0.344 e. The third-order valence-electron chi connectivity index (χ3n) is 3.99. The highest BCUT2D eigenvalue weighted by Crippen LogP contribution is 2.22. The fourth-order valence-corrected chi connectivity index (χ4v) is 3.92. The zero-order valence-electron chi connectivity index (χ0n) is 15.4. The molecule has 0 fully saturated rings. The highest BCUT2D eigenvalue weighted by atomic mass is 32.2. The van der Waals surface area contributed by atoms with Gasteiger partial charge in [-0.15, -0.1) is 5.10 Å². The number of carbonyl (C=O) groups excluding carboxylic acids is 1.